The van der Waals surface area contributed by atoms with Crippen LogP contribution in [0.25, 0.3) is 0 Å². The lowest BCUT2D eigenvalue weighted by Crippen LogP contribution is -2.35. The maximum absolute atomic E-state index is 11.9. The average Bonchev–Trinajstić information content (AvgIpc) is 2.81. The molecule has 0 saturated carbocycles. The smallest absolute Gasteiger partial charge is 0.257 e. The summed E-state index contributed by atoms with van der Waals surface area (Å²) < 4.78 is 5.40. The Morgan fingerprint density at radius 3 is 2.64 bits per heavy atom. The summed E-state index contributed by atoms with van der Waals surface area (Å²) in [5.41, 5.74) is 0.611. The molecule has 2 rings (SSSR count). The largest absolute Gasteiger partial charge is 0.484 e. The van der Waals surface area contributed by atoms with Gasteiger partial charge in [0.1, 0.15) is 5.75 Å². The van der Waals surface area contributed by atoms with Crippen LogP contribution in [0.5, 0.6) is 5.75 Å². The second-order valence-corrected chi connectivity index (χ2v) is 6.26. The molecule has 0 atom stereocenters. The van der Waals surface area contributed by atoms with Crippen molar-refractivity contribution in [1.82, 2.24) is 10.2 Å². The van der Waals surface area contributed by atoms with E-state index in [9.17, 15) is 14.4 Å². The summed E-state index contributed by atoms with van der Waals surface area (Å²) in [7, 11) is 0. The number of hydrogen-bond acceptors (Lipinski definition) is 4. The maximum atomic E-state index is 11.9. The molecule has 25 heavy (non-hydrogen) atoms. The molecule has 0 spiro atoms. The molecule has 1 N–H and O–H groups in total. The van der Waals surface area contributed by atoms with Crippen molar-refractivity contribution in [2.24, 2.45) is 0 Å². The number of nitrogens with zero attached hydrogens (tertiary/aromatic N) is 1. The summed E-state index contributed by atoms with van der Waals surface area (Å²) in [5, 5.41) is 2.80. The first-order valence-corrected chi connectivity index (χ1v) is 8.84. The molecule has 1 aliphatic heterocycles. The Morgan fingerprint density at radius 2 is 1.92 bits per heavy atom. The fourth-order valence-electron chi connectivity index (χ4n) is 2.76. The van der Waals surface area contributed by atoms with Crippen molar-refractivity contribution in [1.29, 1.82) is 0 Å². The number of likely N-dealkylation sites (tertiary alicyclic amines) is 1. The van der Waals surface area contributed by atoms with Crippen LogP contribution in [0.3, 0.4) is 0 Å². The van der Waals surface area contributed by atoms with Gasteiger partial charge in [0, 0.05) is 31.6 Å². The number of carbonyl (C=O) groups excluding carboxylic acids is 3. The number of hydrogen-bond donors (Lipinski definition) is 1. The van der Waals surface area contributed by atoms with Crippen LogP contribution in [0.1, 0.15) is 49.4 Å². The van der Waals surface area contributed by atoms with Crippen LogP contribution >= 0.6 is 0 Å². The Morgan fingerprint density at radius 1 is 1.16 bits per heavy atom. The first-order valence-electron chi connectivity index (χ1n) is 8.84. The van der Waals surface area contributed by atoms with Crippen molar-refractivity contribution in [3.05, 3.63) is 29.8 Å². The van der Waals surface area contributed by atoms with E-state index < -0.39 is 0 Å². The van der Waals surface area contributed by atoms with Crippen molar-refractivity contribution in [2.45, 2.75) is 39.0 Å². The van der Waals surface area contributed by atoms with Gasteiger partial charge in [0.05, 0.1) is 0 Å². The van der Waals surface area contributed by atoms with Crippen LogP contribution in [0.2, 0.25) is 0 Å². The minimum absolute atomic E-state index is 0.00724. The predicted octanol–water partition coefficient (Wildman–Crippen LogP) is 2.18. The van der Waals surface area contributed by atoms with Gasteiger partial charge in [-0.05, 0) is 50.5 Å². The Bertz CT molecular complexity index is 598. The minimum Gasteiger partial charge on any atom is -0.484 e. The van der Waals surface area contributed by atoms with Crippen LogP contribution in [-0.2, 0) is 9.59 Å². The summed E-state index contributed by atoms with van der Waals surface area (Å²) in [6, 6.07) is 6.70. The molecule has 1 aromatic carbocycles. The van der Waals surface area contributed by atoms with E-state index in [1.54, 1.807) is 24.3 Å². The molecule has 136 valence electrons. The highest BCUT2D eigenvalue weighted by molar-refractivity contribution is 5.94. The summed E-state index contributed by atoms with van der Waals surface area (Å²) >= 11 is 0. The lowest BCUT2D eigenvalue weighted by atomic mass is 10.1. The van der Waals surface area contributed by atoms with Crippen molar-refractivity contribution in [2.75, 3.05) is 26.2 Å². The number of ketones is 1. The Hall–Kier alpha value is -2.37. The van der Waals surface area contributed by atoms with Gasteiger partial charge in [-0.15, -0.1) is 0 Å². The zero-order valence-corrected chi connectivity index (χ0v) is 14.8. The molecule has 1 heterocycles. The van der Waals surface area contributed by atoms with E-state index in [1.807, 2.05) is 4.90 Å². The van der Waals surface area contributed by atoms with Gasteiger partial charge >= 0.3 is 0 Å². The molecule has 1 fully saturated rings. The third kappa shape index (κ3) is 6.57. The molecule has 1 saturated heterocycles. The zero-order valence-electron chi connectivity index (χ0n) is 14.8. The van der Waals surface area contributed by atoms with Gasteiger partial charge in [-0.2, -0.15) is 0 Å². The summed E-state index contributed by atoms with van der Waals surface area (Å²) in [4.78, 5) is 36.7. The van der Waals surface area contributed by atoms with Gasteiger partial charge in [-0.25, -0.2) is 0 Å². The number of ether oxygens (including phenoxy) is 1. The van der Waals surface area contributed by atoms with E-state index >= 15 is 0 Å². The fraction of sp³-hybridized carbons (Fsp3) is 0.526. The number of Topliss-reactive ketones (excluding diaryl/α,β-unsaturated/α-hetero) is 1. The zero-order chi connectivity index (χ0) is 18.1. The average molecular weight is 346 g/mol. The van der Waals surface area contributed by atoms with E-state index in [-0.39, 0.29) is 24.2 Å². The van der Waals surface area contributed by atoms with Gasteiger partial charge < -0.3 is 15.0 Å². The first-order chi connectivity index (χ1) is 12.1. The summed E-state index contributed by atoms with van der Waals surface area (Å²) in [6.45, 7) is 3.47. The molecular formula is C19H26N2O4. The summed E-state index contributed by atoms with van der Waals surface area (Å²) in [6.07, 6.45) is 4.54. The highest BCUT2D eigenvalue weighted by Crippen LogP contribution is 2.12. The fourth-order valence-corrected chi connectivity index (χ4v) is 2.76. The van der Waals surface area contributed by atoms with Crippen molar-refractivity contribution in [3.8, 4) is 5.75 Å². The van der Waals surface area contributed by atoms with Crippen LogP contribution in [0.4, 0.5) is 0 Å². The van der Waals surface area contributed by atoms with Gasteiger partial charge in [0.2, 0.25) is 5.91 Å². The van der Waals surface area contributed by atoms with Crippen molar-refractivity contribution < 1.29 is 19.1 Å². The van der Waals surface area contributed by atoms with Gasteiger partial charge in [-0.1, -0.05) is 6.42 Å². The van der Waals surface area contributed by atoms with E-state index in [4.69, 9.17) is 4.74 Å². The summed E-state index contributed by atoms with van der Waals surface area (Å²) in [5.74, 6) is 0.571. The number of carbonyl (C=O) groups is 3. The second kappa shape index (κ2) is 9.81. The molecule has 0 unspecified atom stereocenters. The van der Waals surface area contributed by atoms with Crippen molar-refractivity contribution in [3.63, 3.8) is 0 Å². The second-order valence-electron chi connectivity index (χ2n) is 6.26. The normalized spacial score (nSPS) is 14.8. The molecule has 1 aliphatic rings. The highest BCUT2D eigenvalue weighted by atomic mass is 16.5. The molecule has 0 radical (unpaired) electrons. The Balaban J connectivity index is 1.62. The van der Waals surface area contributed by atoms with Crippen LogP contribution in [0, 0.1) is 0 Å². The molecule has 0 bridgehead atoms. The minimum atomic E-state index is -0.196. The Labute approximate surface area is 148 Å². The van der Waals surface area contributed by atoms with Crippen LogP contribution in [0.15, 0.2) is 24.3 Å². The number of nitrogens with one attached hydrogen (secondary N) is 1. The Kier molecular flexibility index (Phi) is 7.44. The first kappa shape index (κ1) is 19.0. The van der Waals surface area contributed by atoms with Gasteiger partial charge in [0.25, 0.3) is 5.91 Å². The van der Waals surface area contributed by atoms with E-state index in [2.05, 4.69) is 5.32 Å². The van der Waals surface area contributed by atoms with Gasteiger partial charge in [-0.3, -0.25) is 14.4 Å². The SMILES string of the molecule is CC(=O)c1ccc(OCC(=O)NCCCN2CCCCCC2=O)cc1. The number of benzene rings is 1. The molecular weight excluding hydrogens is 320 g/mol. The van der Waals surface area contributed by atoms with E-state index in [0.717, 1.165) is 32.2 Å². The third-order valence-electron chi connectivity index (χ3n) is 4.23. The topological polar surface area (TPSA) is 75.7 Å². The van der Waals surface area contributed by atoms with Crippen LogP contribution in [-0.4, -0.2) is 48.7 Å². The molecule has 2 amide bonds. The standard InChI is InChI=1S/C19H26N2O4/c1-15(22)16-7-9-17(10-8-16)25-14-18(23)20-11-5-13-21-12-4-2-3-6-19(21)24/h7-10H,2-6,11-14H2,1H3,(H,20,23). The molecule has 1 aromatic rings. The third-order valence-corrected chi connectivity index (χ3v) is 4.23. The lowest BCUT2D eigenvalue weighted by Gasteiger charge is -2.20. The monoisotopic (exact) mass is 346 g/mol. The van der Waals surface area contributed by atoms with E-state index in [1.165, 1.54) is 6.92 Å². The quantitative estimate of drug-likeness (QED) is 0.578. The lowest BCUT2D eigenvalue weighted by molar-refractivity contribution is -0.130. The van der Waals surface area contributed by atoms with Gasteiger partial charge in [0.15, 0.2) is 12.4 Å². The van der Waals surface area contributed by atoms with Crippen LogP contribution < -0.4 is 10.1 Å². The highest BCUT2D eigenvalue weighted by Gasteiger charge is 2.15. The van der Waals surface area contributed by atoms with E-state index in [0.29, 0.717) is 30.8 Å². The molecule has 0 aromatic heterocycles. The molecule has 6 nitrogen and oxygen atoms in total. The maximum Gasteiger partial charge on any atom is 0.257 e. The molecule has 6 heteroatoms. The van der Waals surface area contributed by atoms with Crippen molar-refractivity contribution >= 4 is 17.6 Å². The molecule has 0 aliphatic carbocycles. The number of rotatable bonds is 8. The predicted molar refractivity (Wildman–Crippen MR) is 94.6 cm³/mol. The number of amides is 2.